The first-order chi connectivity index (χ1) is 17.0. The molecule has 1 N–H and O–H groups in total. The SMILES string of the molecule is COc1ccc(OC)c(N2C(=O)c3cc4occc4n3C[C@@]2(C)C(=O)NC2CCCCCCC2)c1. The second kappa shape index (κ2) is 9.32. The van der Waals surface area contributed by atoms with Gasteiger partial charge in [-0.3, -0.25) is 14.5 Å². The molecular weight excluding hydrogens is 446 g/mol. The van der Waals surface area contributed by atoms with E-state index in [2.05, 4.69) is 5.32 Å². The summed E-state index contributed by atoms with van der Waals surface area (Å²) in [5, 5.41) is 3.31. The van der Waals surface area contributed by atoms with Crippen LogP contribution in [0.1, 0.15) is 62.4 Å². The van der Waals surface area contributed by atoms with Crippen molar-refractivity contribution in [3.05, 3.63) is 42.3 Å². The highest BCUT2D eigenvalue weighted by Crippen LogP contribution is 2.41. The second-order valence-electron chi connectivity index (χ2n) is 9.75. The number of benzene rings is 1. The van der Waals surface area contributed by atoms with E-state index in [0.717, 1.165) is 31.2 Å². The Morgan fingerprint density at radius 2 is 1.80 bits per heavy atom. The van der Waals surface area contributed by atoms with Gasteiger partial charge in [-0.2, -0.15) is 0 Å². The van der Waals surface area contributed by atoms with Crippen LogP contribution in [0.4, 0.5) is 5.69 Å². The van der Waals surface area contributed by atoms with E-state index in [1.165, 1.54) is 19.3 Å². The molecule has 2 aliphatic rings. The topological polar surface area (TPSA) is 85.9 Å². The molecule has 1 aromatic carbocycles. The number of nitrogens with one attached hydrogen (secondary N) is 1. The molecule has 1 atom stereocenters. The van der Waals surface area contributed by atoms with Crippen LogP contribution in [0.2, 0.25) is 0 Å². The highest BCUT2D eigenvalue weighted by Gasteiger charge is 2.50. The zero-order valence-electron chi connectivity index (χ0n) is 20.6. The third-order valence-corrected chi connectivity index (χ3v) is 7.46. The third-order valence-electron chi connectivity index (χ3n) is 7.46. The molecule has 3 aromatic rings. The molecule has 35 heavy (non-hydrogen) atoms. The molecular formula is C27H33N3O5. The van der Waals surface area contributed by atoms with Gasteiger partial charge in [0.25, 0.3) is 5.91 Å². The molecule has 0 saturated heterocycles. The van der Waals surface area contributed by atoms with Gasteiger partial charge in [-0.1, -0.05) is 32.1 Å². The van der Waals surface area contributed by atoms with Gasteiger partial charge in [0.15, 0.2) is 5.58 Å². The van der Waals surface area contributed by atoms with Crippen molar-refractivity contribution >= 4 is 28.6 Å². The van der Waals surface area contributed by atoms with Crippen molar-refractivity contribution in [2.24, 2.45) is 0 Å². The average molecular weight is 480 g/mol. The van der Waals surface area contributed by atoms with Crippen LogP contribution < -0.4 is 19.7 Å². The molecule has 0 bridgehead atoms. The maximum atomic E-state index is 14.1. The first-order valence-electron chi connectivity index (χ1n) is 12.4. The molecule has 1 aliphatic heterocycles. The Hall–Kier alpha value is -3.42. The van der Waals surface area contributed by atoms with Crippen LogP contribution in [0.25, 0.3) is 11.1 Å². The lowest BCUT2D eigenvalue weighted by Gasteiger charge is -2.44. The Morgan fingerprint density at radius 3 is 2.51 bits per heavy atom. The number of carbonyl (C=O) groups is 2. The van der Waals surface area contributed by atoms with Gasteiger partial charge in [0.1, 0.15) is 22.7 Å². The van der Waals surface area contributed by atoms with Gasteiger partial charge in [-0.15, -0.1) is 0 Å². The fourth-order valence-electron chi connectivity index (χ4n) is 5.50. The van der Waals surface area contributed by atoms with E-state index in [4.69, 9.17) is 13.9 Å². The van der Waals surface area contributed by atoms with E-state index in [-0.39, 0.29) is 24.4 Å². The summed E-state index contributed by atoms with van der Waals surface area (Å²) in [5.41, 5.74) is 1.19. The number of rotatable bonds is 5. The number of methoxy groups -OCH3 is 2. The monoisotopic (exact) mass is 479 g/mol. The molecule has 3 heterocycles. The van der Waals surface area contributed by atoms with Gasteiger partial charge in [0.05, 0.1) is 38.2 Å². The van der Waals surface area contributed by atoms with Gasteiger partial charge in [-0.25, -0.2) is 0 Å². The molecule has 0 unspecified atom stereocenters. The van der Waals surface area contributed by atoms with Gasteiger partial charge < -0.3 is 23.8 Å². The van der Waals surface area contributed by atoms with Crippen LogP contribution in [-0.2, 0) is 11.3 Å². The smallest absolute Gasteiger partial charge is 0.276 e. The van der Waals surface area contributed by atoms with Crippen LogP contribution in [-0.4, -0.2) is 42.2 Å². The third kappa shape index (κ3) is 4.05. The molecule has 2 amide bonds. The summed E-state index contributed by atoms with van der Waals surface area (Å²) in [4.78, 5) is 29.7. The molecule has 1 aliphatic carbocycles. The summed E-state index contributed by atoms with van der Waals surface area (Å²) in [5.74, 6) is 0.612. The number of hydrogen-bond acceptors (Lipinski definition) is 5. The predicted octanol–water partition coefficient (Wildman–Crippen LogP) is 4.90. The second-order valence-corrected chi connectivity index (χ2v) is 9.75. The minimum Gasteiger partial charge on any atom is -0.497 e. The van der Waals surface area contributed by atoms with Gasteiger partial charge >= 0.3 is 0 Å². The standard InChI is InChI=1S/C27H33N3O5/c1-27(26(32)28-18-9-7-5-4-6-8-10-18)17-29-20-13-14-35-24(20)16-22(29)25(31)30(27)21-15-19(33-2)11-12-23(21)34-3/h11-16,18H,4-10,17H2,1-3H3,(H,28,32)/t27-/m0/s1. The van der Waals surface area contributed by atoms with Gasteiger partial charge in [0, 0.05) is 24.2 Å². The van der Waals surface area contributed by atoms with E-state index >= 15 is 0 Å². The Labute approximate surface area is 205 Å². The molecule has 0 spiro atoms. The fraction of sp³-hybridized carbons (Fsp3) is 0.481. The minimum atomic E-state index is -1.20. The highest BCUT2D eigenvalue weighted by molar-refractivity contribution is 6.14. The lowest BCUT2D eigenvalue weighted by molar-refractivity contribution is -0.127. The Balaban J connectivity index is 1.60. The van der Waals surface area contributed by atoms with Crippen molar-refractivity contribution in [3.63, 3.8) is 0 Å². The summed E-state index contributed by atoms with van der Waals surface area (Å²) in [7, 11) is 3.13. The van der Waals surface area contributed by atoms with Crippen molar-refractivity contribution in [1.82, 2.24) is 9.88 Å². The molecule has 0 radical (unpaired) electrons. The number of amides is 2. The first kappa shape index (κ1) is 23.3. The van der Waals surface area contributed by atoms with Crippen molar-refractivity contribution in [3.8, 4) is 11.5 Å². The number of nitrogens with zero attached hydrogens (tertiary/aromatic N) is 2. The van der Waals surface area contributed by atoms with E-state index in [9.17, 15) is 9.59 Å². The minimum absolute atomic E-state index is 0.101. The number of ether oxygens (including phenoxy) is 2. The number of aromatic nitrogens is 1. The normalized spacial score (nSPS) is 21.3. The van der Waals surface area contributed by atoms with E-state index in [1.807, 2.05) is 17.6 Å². The van der Waals surface area contributed by atoms with Crippen molar-refractivity contribution in [2.75, 3.05) is 19.1 Å². The molecule has 8 heteroatoms. The maximum absolute atomic E-state index is 14.1. The quantitative estimate of drug-likeness (QED) is 0.563. The number of furan rings is 1. The summed E-state index contributed by atoms with van der Waals surface area (Å²) >= 11 is 0. The Bertz CT molecular complexity index is 1240. The largest absolute Gasteiger partial charge is 0.497 e. The summed E-state index contributed by atoms with van der Waals surface area (Å²) in [6.07, 6.45) is 9.37. The summed E-state index contributed by atoms with van der Waals surface area (Å²) in [6, 6.07) is 8.96. The molecule has 8 nitrogen and oxygen atoms in total. The zero-order valence-corrected chi connectivity index (χ0v) is 20.6. The van der Waals surface area contributed by atoms with Crippen LogP contribution in [0.5, 0.6) is 11.5 Å². The Morgan fingerprint density at radius 1 is 1.06 bits per heavy atom. The lowest BCUT2D eigenvalue weighted by Crippen LogP contribution is -2.65. The highest BCUT2D eigenvalue weighted by atomic mass is 16.5. The van der Waals surface area contributed by atoms with Crippen LogP contribution in [0.3, 0.4) is 0 Å². The maximum Gasteiger partial charge on any atom is 0.276 e. The number of anilines is 1. The van der Waals surface area contributed by atoms with Crippen LogP contribution in [0.15, 0.2) is 41.0 Å². The van der Waals surface area contributed by atoms with Crippen LogP contribution >= 0.6 is 0 Å². The predicted molar refractivity (Wildman–Crippen MR) is 133 cm³/mol. The van der Waals surface area contributed by atoms with E-state index in [0.29, 0.717) is 28.5 Å². The molecule has 186 valence electrons. The number of hydrogen-bond donors (Lipinski definition) is 1. The summed E-state index contributed by atoms with van der Waals surface area (Å²) in [6.45, 7) is 2.12. The van der Waals surface area contributed by atoms with E-state index in [1.54, 1.807) is 49.6 Å². The summed E-state index contributed by atoms with van der Waals surface area (Å²) < 4.78 is 18.5. The lowest BCUT2D eigenvalue weighted by atomic mass is 9.91. The number of carbonyl (C=O) groups excluding carboxylic acids is 2. The van der Waals surface area contributed by atoms with Gasteiger partial charge in [0.2, 0.25) is 5.91 Å². The number of fused-ring (bicyclic) bond motifs is 3. The van der Waals surface area contributed by atoms with Gasteiger partial charge in [-0.05, 0) is 31.9 Å². The average Bonchev–Trinajstić information content (AvgIpc) is 3.43. The molecule has 2 aromatic heterocycles. The van der Waals surface area contributed by atoms with Crippen molar-refractivity contribution in [1.29, 1.82) is 0 Å². The van der Waals surface area contributed by atoms with Crippen LogP contribution in [0, 0.1) is 0 Å². The van der Waals surface area contributed by atoms with Crippen molar-refractivity contribution < 1.29 is 23.5 Å². The molecule has 1 fully saturated rings. The molecule has 5 rings (SSSR count). The first-order valence-corrected chi connectivity index (χ1v) is 12.4. The fourth-order valence-corrected chi connectivity index (χ4v) is 5.50. The Kier molecular flexibility index (Phi) is 6.21. The van der Waals surface area contributed by atoms with Crippen molar-refractivity contribution in [2.45, 2.75) is 70.0 Å². The molecule has 1 saturated carbocycles. The van der Waals surface area contributed by atoms with E-state index < -0.39 is 5.54 Å². The zero-order chi connectivity index (χ0) is 24.6.